The van der Waals surface area contributed by atoms with Crippen LogP contribution in [0.2, 0.25) is 10.0 Å². The van der Waals surface area contributed by atoms with E-state index in [0.29, 0.717) is 12.0 Å². The van der Waals surface area contributed by atoms with Gasteiger partial charge in [0.25, 0.3) is 0 Å². The fourth-order valence-corrected chi connectivity index (χ4v) is 7.99. The van der Waals surface area contributed by atoms with Crippen molar-refractivity contribution in [2.24, 2.45) is 5.92 Å². The molecule has 2 aromatic rings. The molecule has 13 heteroatoms. The third-order valence-electron chi connectivity index (χ3n) is 7.75. The van der Waals surface area contributed by atoms with Crippen LogP contribution in [0.25, 0.3) is 0 Å². The van der Waals surface area contributed by atoms with Crippen LogP contribution in [-0.2, 0) is 30.8 Å². The van der Waals surface area contributed by atoms with Crippen molar-refractivity contribution in [3.05, 3.63) is 70.5 Å². The number of sulfonamides is 1. The molecule has 2 fully saturated rings. The molecular weight excluding hydrogens is 589 g/mol. The monoisotopic (exact) mass is 619 g/mol. The summed E-state index contributed by atoms with van der Waals surface area (Å²) >= 11 is 12.4. The molecule has 4 unspecified atom stereocenters. The minimum absolute atomic E-state index is 0.0394. The summed E-state index contributed by atoms with van der Waals surface area (Å²) in [6, 6.07) is 5.13. The number of amides is 3. The summed E-state index contributed by atoms with van der Waals surface area (Å²) in [4.78, 5) is 47.9. The van der Waals surface area contributed by atoms with Gasteiger partial charge in [-0.1, -0.05) is 41.4 Å². The van der Waals surface area contributed by atoms with Crippen molar-refractivity contribution in [3.8, 4) is 0 Å². The van der Waals surface area contributed by atoms with Gasteiger partial charge in [0.1, 0.15) is 23.1 Å². The van der Waals surface area contributed by atoms with E-state index < -0.39 is 40.1 Å². The molecule has 0 bridgehead atoms. The molecule has 218 valence electrons. The van der Waals surface area contributed by atoms with E-state index in [1.807, 2.05) is 19.9 Å². The molecule has 1 aromatic carbocycles. The van der Waals surface area contributed by atoms with E-state index in [0.717, 1.165) is 6.42 Å². The van der Waals surface area contributed by atoms with Crippen LogP contribution in [-0.4, -0.2) is 82.6 Å². The van der Waals surface area contributed by atoms with Crippen LogP contribution in [0.5, 0.6) is 0 Å². The number of carbonyl (C=O) groups excluding carboxylic acids is 3. The predicted octanol–water partition coefficient (Wildman–Crippen LogP) is 2.86. The number of hydrogen-bond acceptors (Lipinski definition) is 6. The molecule has 0 radical (unpaired) electrons. The second-order valence-electron chi connectivity index (χ2n) is 10.7. The molecule has 2 aliphatic heterocycles. The first-order valence-corrected chi connectivity index (χ1v) is 15.6. The van der Waals surface area contributed by atoms with Crippen LogP contribution < -0.4 is 5.32 Å². The first kappa shape index (κ1) is 29.5. The average molecular weight is 621 g/mol. The maximum absolute atomic E-state index is 14.2. The number of rotatable bonds is 7. The number of nitrogens with one attached hydrogen (secondary N) is 1. The summed E-state index contributed by atoms with van der Waals surface area (Å²) < 4.78 is 29.6. The van der Waals surface area contributed by atoms with Gasteiger partial charge in [0.15, 0.2) is 0 Å². The topological polar surface area (TPSA) is 120 Å². The minimum Gasteiger partial charge on any atom is -0.343 e. The van der Waals surface area contributed by atoms with Gasteiger partial charge in [-0.25, -0.2) is 8.42 Å². The van der Waals surface area contributed by atoms with E-state index in [1.54, 1.807) is 35.5 Å². The number of piperazine rings is 1. The van der Waals surface area contributed by atoms with Crippen LogP contribution in [0, 0.1) is 5.92 Å². The molecule has 3 aliphatic rings. The highest BCUT2D eigenvalue weighted by Gasteiger charge is 2.54. The normalized spacial score (nSPS) is 25.1. The lowest BCUT2D eigenvalue weighted by Gasteiger charge is -2.54. The Bertz CT molecular complexity index is 1490. The molecule has 1 aromatic heterocycles. The highest BCUT2D eigenvalue weighted by atomic mass is 35.5. The fourth-order valence-electron chi connectivity index (χ4n) is 5.66. The first-order valence-electron chi connectivity index (χ1n) is 13.4. The van der Waals surface area contributed by atoms with Gasteiger partial charge in [0.05, 0.1) is 17.5 Å². The second-order valence-corrected chi connectivity index (χ2v) is 13.4. The SMILES string of the molecule is CC(C)N1CC2N(C(=O)C(NC(=O)C3C=CCC3)CN2S(=O)(=O)c2ccc(Cl)cc2Cl)C(Cc2cccnc2)C1=O. The fraction of sp³-hybridized carbons (Fsp3) is 0.429. The molecule has 10 nitrogen and oxygen atoms in total. The lowest BCUT2D eigenvalue weighted by Crippen LogP contribution is -2.76. The summed E-state index contributed by atoms with van der Waals surface area (Å²) in [5, 5.41) is 2.97. The molecule has 1 N–H and O–H groups in total. The van der Waals surface area contributed by atoms with Crippen molar-refractivity contribution < 1.29 is 22.8 Å². The maximum atomic E-state index is 14.2. The number of hydrogen-bond donors (Lipinski definition) is 1. The number of benzene rings is 1. The van der Waals surface area contributed by atoms with E-state index >= 15 is 0 Å². The number of aromatic nitrogens is 1. The van der Waals surface area contributed by atoms with Crippen molar-refractivity contribution >= 4 is 50.9 Å². The van der Waals surface area contributed by atoms with Gasteiger partial charge in [-0.15, -0.1) is 0 Å². The predicted molar refractivity (Wildman–Crippen MR) is 153 cm³/mol. The molecule has 5 rings (SSSR count). The average Bonchev–Trinajstić information content (AvgIpc) is 3.47. The Labute approximate surface area is 249 Å². The van der Waals surface area contributed by atoms with Gasteiger partial charge in [0, 0.05) is 36.4 Å². The Kier molecular flexibility index (Phi) is 8.43. The van der Waals surface area contributed by atoms with Gasteiger partial charge in [-0.2, -0.15) is 4.31 Å². The molecule has 1 aliphatic carbocycles. The van der Waals surface area contributed by atoms with E-state index in [-0.39, 0.29) is 52.3 Å². The van der Waals surface area contributed by atoms with Crippen molar-refractivity contribution in [1.82, 2.24) is 24.4 Å². The summed E-state index contributed by atoms with van der Waals surface area (Å²) in [7, 11) is -4.32. The number of allylic oxidation sites excluding steroid dienone is 1. The zero-order valence-electron chi connectivity index (χ0n) is 22.6. The molecule has 3 amide bonds. The summed E-state index contributed by atoms with van der Waals surface area (Å²) in [6.07, 6.45) is 7.34. The van der Waals surface area contributed by atoms with Crippen LogP contribution in [0.1, 0.15) is 32.3 Å². The Hall–Kier alpha value is -2.99. The lowest BCUT2D eigenvalue weighted by atomic mass is 9.96. The van der Waals surface area contributed by atoms with Crippen LogP contribution in [0.3, 0.4) is 0 Å². The van der Waals surface area contributed by atoms with Gasteiger partial charge < -0.3 is 15.1 Å². The number of halogens is 2. The van der Waals surface area contributed by atoms with Gasteiger partial charge in [-0.3, -0.25) is 19.4 Å². The van der Waals surface area contributed by atoms with Crippen LogP contribution in [0.4, 0.5) is 0 Å². The van der Waals surface area contributed by atoms with E-state index in [9.17, 15) is 22.8 Å². The first-order chi connectivity index (χ1) is 19.5. The molecule has 41 heavy (non-hydrogen) atoms. The summed E-state index contributed by atoms with van der Waals surface area (Å²) in [5.41, 5.74) is 0.709. The molecule has 0 saturated carbocycles. The smallest absolute Gasteiger partial charge is 0.248 e. The zero-order chi connectivity index (χ0) is 29.5. The minimum atomic E-state index is -4.32. The number of nitrogens with zero attached hydrogens (tertiary/aromatic N) is 4. The third-order valence-corrected chi connectivity index (χ3v) is 10.3. The number of pyridine rings is 1. The second kappa shape index (κ2) is 11.7. The lowest BCUT2D eigenvalue weighted by molar-refractivity contribution is -0.169. The number of carbonyl (C=O) groups is 3. The Morgan fingerprint density at radius 2 is 1.93 bits per heavy atom. The van der Waals surface area contributed by atoms with Crippen molar-refractivity contribution in [3.63, 3.8) is 0 Å². The molecule has 2 saturated heterocycles. The third kappa shape index (κ3) is 5.73. The zero-order valence-corrected chi connectivity index (χ0v) is 24.9. The van der Waals surface area contributed by atoms with Crippen LogP contribution in [0.15, 0.2) is 59.8 Å². The largest absolute Gasteiger partial charge is 0.343 e. The van der Waals surface area contributed by atoms with Crippen molar-refractivity contribution in [2.45, 2.75) is 62.3 Å². The molecular formula is C28H31Cl2N5O5S. The van der Waals surface area contributed by atoms with Gasteiger partial charge in [-0.05, 0) is 56.5 Å². The van der Waals surface area contributed by atoms with Gasteiger partial charge in [0.2, 0.25) is 27.7 Å². The van der Waals surface area contributed by atoms with Crippen molar-refractivity contribution in [1.29, 1.82) is 0 Å². The molecule has 4 atom stereocenters. The summed E-state index contributed by atoms with van der Waals surface area (Å²) in [5.74, 6) is -1.60. The highest BCUT2D eigenvalue weighted by Crippen LogP contribution is 2.35. The highest BCUT2D eigenvalue weighted by molar-refractivity contribution is 7.89. The molecule has 3 heterocycles. The van der Waals surface area contributed by atoms with E-state index in [2.05, 4.69) is 10.3 Å². The Morgan fingerprint density at radius 3 is 2.56 bits per heavy atom. The number of fused-ring (bicyclic) bond motifs is 1. The van der Waals surface area contributed by atoms with E-state index in [4.69, 9.17) is 23.2 Å². The quantitative estimate of drug-likeness (QED) is 0.476. The van der Waals surface area contributed by atoms with Crippen molar-refractivity contribution in [2.75, 3.05) is 13.1 Å². The summed E-state index contributed by atoms with van der Waals surface area (Å²) in [6.45, 7) is 3.32. The Balaban J connectivity index is 1.60. The molecule has 0 spiro atoms. The Morgan fingerprint density at radius 1 is 1.15 bits per heavy atom. The maximum Gasteiger partial charge on any atom is 0.248 e. The van der Waals surface area contributed by atoms with E-state index in [1.165, 1.54) is 27.4 Å². The van der Waals surface area contributed by atoms with Crippen LogP contribution >= 0.6 is 23.2 Å². The van der Waals surface area contributed by atoms with Gasteiger partial charge >= 0.3 is 0 Å². The standard InChI is InChI=1S/C28H31Cl2N5O5S/c1-17(2)33-16-25-34(41(39,40)24-10-9-20(29)13-21(24)30)15-22(32-26(36)19-7-3-4-8-19)27(37)35(25)23(28(33)38)12-18-6-5-11-31-14-18/h3,5-7,9-11,13-14,17,19,22-23,25H,4,8,12,15-16H2,1-2H3,(H,32,36).